The third-order valence-electron chi connectivity index (χ3n) is 9.78. The highest BCUT2D eigenvalue weighted by Gasteiger charge is 2.29. The van der Waals surface area contributed by atoms with Crippen molar-refractivity contribution in [2.45, 2.75) is 0 Å². The lowest BCUT2D eigenvalue weighted by Gasteiger charge is -2.35. The first-order valence-electron chi connectivity index (χ1n) is 16.7. The van der Waals surface area contributed by atoms with Gasteiger partial charge in [-0.15, -0.1) is 0 Å². The predicted octanol–water partition coefficient (Wildman–Crippen LogP) is 12.4. The molecule has 0 spiro atoms. The largest absolute Gasteiger partial charge is 0.309 e. The molecule has 1 aliphatic heterocycles. The van der Waals surface area contributed by atoms with E-state index >= 15 is 0 Å². The van der Waals surface area contributed by atoms with Crippen LogP contribution in [0.3, 0.4) is 0 Å². The summed E-state index contributed by atoms with van der Waals surface area (Å²) in [4.78, 5) is 13.0. The van der Waals surface area contributed by atoms with Gasteiger partial charge in [0, 0.05) is 33.2 Å². The minimum absolute atomic E-state index is 0.721. The SMILES string of the molecule is c1ccc(-c2cccc3c2-c2cccc4c(-c5nc(-c6ccc7ccccc7c6)c6ccccc6n5)ccc(c24)N3c2ccccc2)cc1. The van der Waals surface area contributed by atoms with Gasteiger partial charge >= 0.3 is 0 Å². The van der Waals surface area contributed by atoms with E-state index in [1.807, 2.05) is 0 Å². The van der Waals surface area contributed by atoms with Crippen molar-refractivity contribution in [2.75, 3.05) is 4.90 Å². The zero-order valence-electron chi connectivity index (χ0n) is 26.6. The zero-order valence-corrected chi connectivity index (χ0v) is 26.6. The minimum Gasteiger partial charge on any atom is -0.309 e. The highest BCUT2D eigenvalue weighted by atomic mass is 15.2. The van der Waals surface area contributed by atoms with Gasteiger partial charge in [-0.25, -0.2) is 9.97 Å². The van der Waals surface area contributed by atoms with Crippen molar-refractivity contribution in [1.29, 1.82) is 0 Å². The molecule has 228 valence electrons. The van der Waals surface area contributed by atoms with Gasteiger partial charge in [0.1, 0.15) is 0 Å². The van der Waals surface area contributed by atoms with E-state index in [2.05, 4.69) is 181 Å². The van der Waals surface area contributed by atoms with E-state index in [9.17, 15) is 0 Å². The van der Waals surface area contributed by atoms with Crippen molar-refractivity contribution in [2.24, 2.45) is 0 Å². The number of para-hydroxylation sites is 2. The first kappa shape index (κ1) is 27.5. The highest BCUT2D eigenvalue weighted by molar-refractivity contribution is 6.19. The number of hydrogen-bond acceptors (Lipinski definition) is 3. The molecule has 10 rings (SSSR count). The van der Waals surface area contributed by atoms with Gasteiger partial charge < -0.3 is 4.90 Å². The van der Waals surface area contributed by atoms with Gasteiger partial charge in [-0.1, -0.05) is 133 Å². The Morgan fingerprint density at radius 3 is 2.00 bits per heavy atom. The zero-order chi connectivity index (χ0) is 32.3. The van der Waals surface area contributed by atoms with Crippen LogP contribution in [0.25, 0.3) is 77.3 Å². The summed E-state index contributed by atoms with van der Waals surface area (Å²) in [5, 5.41) is 5.78. The molecule has 1 aromatic heterocycles. The Hall–Kier alpha value is -6.58. The van der Waals surface area contributed by atoms with Crippen LogP contribution in [0.2, 0.25) is 0 Å². The fourth-order valence-corrected chi connectivity index (χ4v) is 7.58. The normalized spacial score (nSPS) is 12.0. The number of rotatable bonds is 4. The molecular weight excluding hydrogens is 595 g/mol. The Morgan fingerprint density at radius 1 is 0.408 bits per heavy atom. The van der Waals surface area contributed by atoms with Gasteiger partial charge in [0.25, 0.3) is 0 Å². The van der Waals surface area contributed by atoms with Crippen LogP contribution in [-0.4, -0.2) is 9.97 Å². The molecule has 8 aromatic carbocycles. The molecule has 3 heteroatoms. The molecule has 0 bridgehead atoms. The van der Waals surface area contributed by atoms with Crippen LogP contribution in [-0.2, 0) is 0 Å². The number of fused-ring (bicyclic) bond motifs is 4. The van der Waals surface area contributed by atoms with Gasteiger partial charge in [-0.3, -0.25) is 0 Å². The van der Waals surface area contributed by atoms with E-state index in [-0.39, 0.29) is 0 Å². The Kier molecular flexibility index (Phi) is 6.18. The summed E-state index contributed by atoms with van der Waals surface area (Å²) in [6.07, 6.45) is 0. The summed E-state index contributed by atoms with van der Waals surface area (Å²) >= 11 is 0. The van der Waals surface area contributed by atoms with Gasteiger partial charge in [0.2, 0.25) is 0 Å². The lowest BCUT2D eigenvalue weighted by Crippen LogP contribution is -2.15. The second-order valence-corrected chi connectivity index (χ2v) is 12.6. The maximum absolute atomic E-state index is 5.36. The minimum atomic E-state index is 0.721. The van der Waals surface area contributed by atoms with Crippen molar-refractivity contribution in [1.82, 2.24) is 9.97 Å². The summed E-state index contributed by atoms with van der Waals surface area (Å²) < 4.78 is 0. The molecule has 49 heavy (non-hydrogen) atoms. The second-order valence-electron chi connectivity index (χ2n) is 12.6. The first-order valence-corrected chi connectivity index (χ1v) is 16.7. The lowest BCUT2D eigenvalue weighted by molar-refractivity contribution is 1.23. The fraction of sp³-hybridized carbons (Fsp3) is 0. The molecule has 0 radical (unpaired) electrons. The van der Waals surface area contributed by atoms with E-state index < -0.39 is 0 Å². The highest BCUT2D eigenvalue weighted by Crippen LogP contribution is 2.54. The molecule has 0 fully saturated rings. The van der Waals surface area contributed by atoms with Crippen molar-refractivity contribution in [3.8, 4) is 44.9 Å². The summed E-state index contributed by atoms with van der Waals surface area (Å²) in [6.45, 7) is 0. The van der Waals surface area contributed by atoms with Gasteiger partial charge in [-0.2, -0.15) is 0 Å². The summed E-state index contributed by atoms with van der Waals surface area (Å²) in [7, 11) is 0. The molecule has 0 unspecified atom stereocenters. The molecule has 2 heterocycles. The van der Waals surface area contributed by atoms with E-state index in [4.69, 9.17) is 9.97 Å². The molecular formula is C46H29N3. The summed E-state index contributed by atoms with van der Waals surface area (Å²) in [5.41, 5.74) is 12.3. The van der Waals surface area contributed by atoms with Crippen molar-refractivity contribution in [3.05, 3.63) is 176 Å². The van der Waals surface area contributed by atoms with Crippen LogP contribution in [0.4, 0.5) is 17.1 Å². The average Bonchev–Trinajstić information content (AvgIpc) is 3.18. The topological polar surface area (TPSA) is 29.0 Å². The molecule has 0 N–H and O–H groups in total. The van der Waals surface area contributed by atoms with Gasteiger partial charge in [0.05, 0.1) is 22.6 Å². The number of hydrogen-bond donors (Lipinski definition) is 0. The van der Waals surface area contributed by atoms with Crippen LogP contribution >= 0.6 is 0 Å². The summed E-state index contributed by atoms with van der Waals surface area (Å²) in [6, 6.07) is 62.6. The quantitative estimate of drug-likeness (QED) is 0.195. The smallest absolute Gasteiger partial charge is 0.161 e. The first-order chi connectivity index (χ1) is 24.3. The molecule has 1 aliphatic rings. The van der Waals surface area contributed by atoms with Gasteiger partial charge in [0.15, 0.2) is 5.82 Å². The standard InChI is InChI=1S/C46H29N3/c1-3-14-31(15-4-1)35-20-12-24-41-43(35)39-22-11-21-36-37(27-28-42(44(36)39)49(41)34-17-5-2-6-18-34)46-47-40-23-10-9-19-38(40)45(48-46)33-26-25-30-13-7-8-16-32(30)29-33/h1-29H. The van der Waals surface area contributed by atoms with Crippen molar-refractivity contribution in [3.63, 3.8) is 0 Å². The molecule has 0 saturated carbocycles. The third kappa shape index (κ3) is 4.37. The maximum atomic E-state index is 5.36. The molecule has 0 atom stereocenters. The monoisotopic (exact) mass is 623 g/mol. The number of aromatic nitrogens is 2. The van der Waals surface area contributed by atoms with Gasteiger partial charge in [-0.05, 0) is 75.3 Å². The van der Waals surface area contributed by atoms with Crippen LogP contribution in [0, 0.1) is 0 Å². The number of anilines is 3. The Balaban J connectivity index is 1.26. The van der Waals surface area contributed by atoms with Crippen LogP contribution < -0.4 is 4.90 Å². The Bertz CT molecular complexity index is 2720. The lowest BCUT2D eigenvalue weighted by atomic mass is 9.85. The molecule has 0 aliphatic carbocycles. The van der Waals surface area contributed by atoms with Crippen LogP contribution in [0.5, 0.6) is 0 Å². The fourth-order valence-electron chi connectivity index (χ4n) is 7.58. The molecule has 3 nitrogen and oxygen atoms in total. The third-order valence-corrected chi connectivity index (χ3v) is 9.78. The van der Waals surface area contributed by atoms with Crippen molar-refractivity contribution >= 4 is 49.5 Å². The van der Waals surface area contributed by atoms with E-state index in [1.54, 1.807) is 0 Å². The average molecular weight is 624 g/mol. The number of benzene rings is 8. The summed E-state index contributed by atoms with van der Waals surface area (Å²) in [5.74, 6) is 0.721. The van der Waals surface area contributed by atoms with Crippen molar-refractivity contribution < 1.29 is 0 Å². The van der Waals surface area contributed by atoms with Crippen LogP contribution in [0.15, 0.2) is 176 Å². The number of nitrogens with zero attached hydrogens (tertiary/aromatic N) is 3. The second kappa shape index (κ2) is 11.0. The Morgan fingerprint density at radius 2 is 1.12 bits per heavy atom. The van der Waals surface area contributed by atoms with E-state index in [0.29, 0.717) is 0 Å². The molecule has 9 aromatic rings. The predicted molar refractivity (Wildman–Crippen MR) is 205 cm³/mol. The molecule has 0 saturated heterocycles. The maximum Gasteiger partial charge on any atom is 0.161 e. The Labute approximate surface area is 284 Å². The van der Waals surface area contributed by atoms with E-state index in [0.717, 1.165) is 50.3 Å². The van der Waals surface area contributed by atoms with Crippen LogP contribution in [0.1, 0.15) is 0 Å². The van der Waals surface area contributed by atoms with E-state index in [1.165, 1.54) is 44.1 Å². The molecule has 0 amide bonds.